The van der Waals surface area contributed by atoms with E-state index in [0.29, 0.717) is 21.5 Å². The van der Waals surface area contributed by atoms with Crippen LogP contribution in [0.2, 0.25) is 0 Å². The Kier molecular flexibility index (Phi) is 5.41. The van der Waals surface area contributed by atoms with Crippen molar-refractivity contribution in [3.63, 3.8) is 0 Å². The quantitative estimate of drug-likeness (QED) is 0.437. The first kappa shape index (κ1) is 21.2. The Morgan fingerprint density at radius 1 is 0.839 bits per heavy atom. The van der Waals surface area contributed by atoms with Gasteiger partial charge in [0.15, 0.2) is 11.6 Å². The summed E-state index contributed by atoms with van der Waals surface area (Å²) in [7, 11) is -2.97. The molecule has 0 saturated heterocycles. The largest absolute Gasteiger partial charge is 0.493 e. The van der Waals surface area contributed by atoms with Crippen molar-refractivity contribution in [3.05, 3.63) is 72.3 Å². The van der Waals surface area contributed by atoms with Crippen LogP contribution in [-0.4, -0.2) is 21.6 Å². The average molecular weight is 441 g/mol. The van der Waals surface area contributed by atoms with Gasteiger partial charge in [0.1, 0.15) is 10.7 Å². The molecule has 0 amide bonds. The highest BCUT2D eigenvalue weighted by molar-refractivity contribution is 7.89. The van der Waals surface area contributed by atoms with E-state index < -0.39 is 32.6 Å². The molecule has 0 heterocycles. The molecule has 4 nitrogen and oxygen atoms in total. The number of benzene rings is 4. The van der Waals surface area contributed by atoms with E-state index in [1.165, 1.54) is 19.2 Å². The van der Waals surface area contributed by atoms with Gasteiger partial charge in [0.25, 0.3) is 0 Å². The van der Waals surface area contributed by atoms with Crippen molar-refractivity contribution in [1.82, 2.24) is 4.72 Å². The van der Waals surface area contributed by atoms with Crippen LogP contribution in [-0.2, 0) is 10.0 Å². The summed E-state index contributed by atoms with van der Waals surface area (Å²) in [6.07, 6.45) is 0. The van der Waals surface area contributed by atoms with Crippen LogP contribution < -0.4 is 9.46 Å². The number of methoxy groups -OCH3 is 1. The monoisotopic (exact) mass is 441 g/mol. The molecule has 7 heteroatoms. The predicted octanol–water partition coefficient (Wildman–Crippen LogP) is 5.63. The number of nitrogens with one attached hydrogen (secondary N) is 1. The van der Waals surface area contributed by atoms with E-state index in [9.17, 15) is 8.42 Å². The van der Waals surface area contributed by atoms with Gasteiger partial charge in [-0.05, 0) is 47.5 Å². The molecular weight excluding hydrogens is 420 g/mol. The Hall–Kier alpha value is -3.03. The maximum Gasteiger partial charge on any atom is 0.244 e. The van der Waals surface area contributed by atoms with E-state index in [1.54, 1.807) is 62.4 Å². The van der Waals surface area contributed by atoms with Crippen LogP contribution in [0.3, 0.4) is 0 Å². The van der Waals surface area contributed by atoms with Crippen molar-refractivity contribution in [3.8, 4) is 16.9 Å². The summed E-state index contributed by atoms with van der Waals surface area (Å²) in [4.78, 5) is -0.533. The van der Waals surface area contributed by atoms with E-state index in [0.717, 1.165) is 0 Å². The van der Waals surface area contributed by atoms with Crippen LogP contribution in [0, 0.1) is 11.6 Å². The lowest BCUT2D eigenvalue weighted by Crippen LogP contribution is -2.31. The third-order valence-corrected chi connectivity index (χ3v) is 6.74. The fraction of sp³-hybridized carbons (Fsp3) is 0.167. The zero-order valence-corrected chi connectivity index (χ0v) is 18.1. The summed E-state index contributed by atoms with van der Waals surface area (Å²) < 4.78 is 64.7. The normalized spacial score (nSPS) is 12.1. The molecule has 0 bridgehead atoms. The van der Waals surface area contributed by atoms with Gasteiger partial charge in [-0.3, -0.25) is 0 Å². The lowest BCUT2D eigenvalue weighted by Gasteiger charge is -2.20. The Labute approximate surface area is 179 Å². The lowest BCUT2D eigenvalue weighted by atomic mass is 9.92. The highest BCUT2D eigenvalue weighted by atomic mass is 32.2. The average Bonchev–Trinajstić information content (AvgIpc) is 2.70. The molecule has 0 radical (unpaired) electrons. The molecule has 0 spiro atoms. The molecular formula is C24H21F2NO3S. The molecule has 160 valence electrons. The summed E-state index contributed by atoms with van der Waals surface area (Å²) in [5.74, 6) is -1.72. The van der Waals surface area contributed by atoms with Crippen molar-refractivity contribution in [2.75, 3.05) is 7.11 Å². The first-order valence-electron chi connectivity index (χ1n) is 9.73. The van der Waals surface area contributed by atoms with Crippen molar-refractivity contribution in [2.45, 2.75) is 24.8 Å². The number of sulfonamides is 1. The van der Waals surface area contributed by atoms with E-state index in [4.69, 9.17) is 4.74 Å². The van der Waals surface area contributed by atoms with Gasteiger partial charge >= 0.3 is 0 Å². The van der Waals surface area contributed by atoms with Crippen LogP contribution in [0.15, 0.2) is 65.6 Å². The summed E-state index contributed by atoms with van der Waals surface area (Å²) in [5, 5.41) is 2.07. The SMILES string of the molecule is COc1c(F)cc2ccccc2c1-c1c(S(=O)(=O)NC(C)C)c(F)cc2ccccc12. The molecule has 4 aromatic rings. The zero-order valence-electron chi connectivity index (χ0n) is 17.2. The van der Waals surface area contributed by atoms with Gasteiger partial charge in [-0.1, -0.05) is 48.5 Å². The predicted molar refractivity (Wildman–Crippen MR) is 119 cm³/mol. The van der Waals surface area contributed by atoms with Gasteiger partial charge in [0.05, 0.1) is 7.11 Å². The first-order valence-corrected chi connectivity index (χ1v) is 11.2. The maximum atomic E-state index is 15.4. The number of fused-ring (bicyclic) bond motifs is 2. The second-order valence-electron chi connectivity index (χ2n) is 7.55. The van der Waals surface area contributed by atoms with Crippen LogP contribution in [0.25, 0.3) is 32.7 Å². The third-order valence-electron chi connectivity index (χ3n) is 5.03. The zero-order chi connectivity index (χ0) is 22.3. The van der Waals surface area contributed by atoms with Crippen LogP contribution in [0.1, 0.15) is 13.8 Å². The molecule has 0 atom stereocenters. The molecule has 0 aliphatic heterocycles. The van der Waals surface area contributed by atoms with Gasteiger partial charge in [-0.2, -0.15) is 0 Å². The Morgan fingerprint density at radius 3 is 1.90 bits per heavy atom. The van der Waals surface area contributed by atoms with Gasteiger partial charge in [0.2, 0.25) is 10.0 Å². The molecule has 4 aromatic carbocycles. The number of rotatable bonds is 5. The van der Waals surface area contributed by atoms with Crippen molar-refractivity contribution >= 4 is 31.6 Å². The van der Waals surface area contributed by atoms with Gasteiger partial charge in [0, 0.05) is 17.2 Å². The first-order chi connectivity index (χ1) is 14.7. The van der Waals surface area contributed by atoms with Crippen LogP contribution in [0.4, 0.5) is 8.78 Å². The second-order valence-corrected chi connectivity index (χ2v) is 9.20. The molecule has 4 rings (SSSR count). The number of hydrogen-bond acceptors (Lipinski definition) is 3. The molecule has 0 saturated carbocycles. The van der Waals surface area contributed by atoms with Gasteiger partial charge < -0.3 is 4.74 Å². The van der Waals surface area contributed by atoms with E-state index in [2.05, 4.69) is 4.72 Å². The van der Waals surface area contributed by atoms with E-state index >= 15 is 8.78 Å². The molecule has 0 aromatic heterocycles. The van der Waals surface area contributed by atoms with Gasteiger partial charge in [-0.25, -0.2) is 21.9 Å². The second kappa shape index (κ2) is 7.90. The molecule has 0 unspecified atom stereocenters. The smallest absolute Gasteiger partial charge is 0.244 e. The molecule has 1 N–H and O–H groups in total. The standard InChI is InChI=1S/C24H21F2NO3S/c1-14(2)27-31(28,29)24-20(26)13-16-9-5-7-11-18(16)22(24)21-17-10-6-4-8-15(17)12-19(25)23(21)30-3/h4-14,27H,1-3H3. The third kappa shape index (κ3) is 3.64. The Morgan fingerprint density at radius 2 is 1.35 bits per heavy atom. The minimum absolute atomic E-state index is 0.0660. The topological polar surface area (TPSA) is 55.4 Å². The fourth-order valence-corrected chi connectivity index (χ4v) is 5.45. The number of halogens is 2. The van der Waals surface area contributed by atoms with Crippen molar-refractivity contribution in [2.24, 2.45) is 0 Å². The summed E-state index contributed by atoms with van der Waals surface area (Å²) in [5.41, 5.74) is 0.259. The van der Waals surface area contributed by atoms with Crippen LogP contribution in [0.5, 0.6) is 5.75 Å². The summed E-state index contributed by atoms with van der Waals surface area (Å²) in [6.45, 7) is 3.29. The Balaban J connectivity index is 2.28. The fourth-order valence-electron chi connectivity index (χ4n) is 3.92. The van der Waals surface area contributed by atoms with Gasteiger partial charge in [-0.15, -0.1) is 0 Å². The minimum Gasteiger partial charge on any atom is -0.493 e. The highest BCUT2D eigenvalue weighted by Crippen LogP contribution is 2.45. The molecule has 31 heavy (non-hydrogen) atoms. The lowest BCUT2D eigenvalue weighted by molar-refractivity contribution is 0.389. The summed E-state index contributed by atoms with van der Waals surface area (Å²) >= 11 is 0. The Bertz CT molecular complexity index is 1420. The maximum absolute atomic E-state index is 15.4. The molecule has 0 fully saturated rings. The minimum atomic E-state index is -4.27. The van der Waals surface area contributed by atoms with E-state index in [-0.39, 0.29) is 16.9 Å². The highest BCUT2D eigenvalue weighted by Gasteiger charge is 2.30. The number of ether oxygens (including phenoxy) is 1. The molecule has 0 aliphatic rings. The number of hydrogen-bond donors (Lipinski definition) is 1. The van der Waals surface area contributed by atoms with Crippen LogP contribution >= 0.6 is 0 Å². The summed E-state index contributed by atoms with van der Waals surface area (Å²) in [6, 6.07) is 15.8. The molecule has 0 aliphatic carbocycles. The van der Waals surface area contributed by atoms with E-state index in [1.807, 2.05) is 0 Å². The van der Waals surface area contributed by atoms with Crippen molar-refractivity contribution < 1.29 is 21.9 Å². The van der Waals surface area contributed by atoms with Crippen molar-refractivity contribution in [1.29, 1.82) is 0 Å².